The van der Waals surface area contributed by atoms with Gasteiger partial charge in [-0.05, 0) is 87.8 Å². The van der Waals surface area contributed by atoms with Crippen molar-refractivity contribution in [2.24, 2.45) is 40.4 Å². The van der Waals surface area contributed by atoms with Crippen LogP contribution in [0.5, 0.6) is 0 Å². The lowest BCUT2D eigenvalue weighted by Crippen LogP contribution is -2.54. The van der Waals surface area contributed by atoms with E-state index in [1.807, 2.05) is 95.6 Å². The molecule has 0 unspecified atom stereocenters. The van der Waals surface area contributed by atoms with E-state index in [1.165, 1.54) is 17.2 Å². The molecule has 79 heavy (non-hydrogen) atoms. The Morgan fingerprint density at radius 3 is 2.11 bits per heavy atom. The molecule has 440 valence electrons. The van der Waals surface area contributed by atoms with E-state index >= 15 is 0 Å². The van der Waals surface area contributed by atoms with Gasteiger partial charge in [-0.1, -0.05) is 99.1 Å². The van der Waals surface area contributed by atoms with Crippen LogP contribution in [0.1, 0.15) is 151 Å². The summed E-state index contributed by atoms with van der Waals surface area (Å²) in [5.74, 6) is -3.87. The van der Waals surface area contributed by atoms with E-state index in [9.17, 15) is 43.2 Å². The molecular formula is C61H94N6O12. The number of imide groups is 1. The van der Waals surface area contributed by atoms with Gasteiger partial charge in [0.1, 0.15) is 5.78 Å². The Morgan fingerprint density at radius 1 is 0.861 bits per heavy atom. The second-order valence-electron chi connectivity index (χ2n) is 24.3. The van der Waals surface area contributed by atoms with Gasteiger partial charge >= 0.3 is 0 Å². The van der Waals surface area contributed by atoms with Crippen LogP contribution in [0.25, 0.3) is 0 Å². The molecule has 3 aliphatic heterocycles. The minimum Gasteiger partial charge on any atom is -0.379 e. The van der Waals surface area contributed by atoms with E-state index in [0.717, 1.165) is 29.7 Å². The van der Waals surface area contributed by atoms with Gasteiger partial charge in [0.05, 0.1) is 55.3 Å². The summed E-state index contributed by atoms with van der Waals surface area (Å²) < 4.78 is 12.3. The van der Waals surface area contributed by atoms with Crippen molar-refractivity contribution in [3.63, 3.8) is 0 Å². The Morgan fingerprint density at radius 2 is 1.53 bits per heavy atom. The van der Waals surface area contributed by atoms with Gasteiger partial charge in [-0.15, -0.1) is 0 Å². The number of carbonyl (C=O) groups is 9. The molecule has 2 saturated heterocycles. The minimum atomic E-state index is -0.932. The van der Waals surface area contributed by atoms with Crippen LogP contribution in [0.4, 0.5) is 0 Å². The number of ketones is 3. The molecule has 1 N–H and O–H groups in total. The molecule has 1 aromatic rings. The second kappa shape index (κ2) is 29.0. The highest BCUT2D eigenvalue weighted by Crippen LogP contribution is 2.63. The van der Waals surface area contributed by atoms with Gasteiger partial charge in [0.2, 0.25) is 17.7 Å². The number of Topliss-reactive ketones (excluding diaryl/α,β-unsaturated/α-hetero) is 3. The fourth-order valence-electron chi connectivity index (χ4n) is 12.4. The summed E-state index contributed by atoms with van der Waals surface area (Å²) in [5.41, 5.74) is -0.832. The zero-order valence-electron chi connectivity index (χ0n) is 49.8. The van der Waals surface area contributed by atoms with Gasteiger partial charge in [-0.3, -0.25) is 57.8 Å². The van der Waals surface area contributed by atoms with Gasteiger partial charge in [0.25, 0.3) is 17.7 Å². The summed E-state index contributed by atoms with van der Waals surface area (Å²) in [6.45, 7) is 18.9. The van der Waals surface area contributed by atoms with Crippen molar-refractivity contribution in [1.82, 2.24) is 30.0 Å². The number of nitrogens with zero attached hydrogens (tertiary/aromatic N) is 5. The van der Waals surface area contributed by atoms with Crippen LogP contribution in [-0.4, -0.2) is 175 Å². The first-order chi connectivity index (χ1) is 37.3. The van der Waals surface area contributed by atoms with E-state index in [1.54, 1.807) is 40.0 Å². The Labute approximate surface area is 470 Å². The van der Waals surface area contributed by atoms with E-state index < -0.39 is 64.8 Å². The zero-order chi connectivity index (χ0) is 58.5. The predicted molar refractivity (Wildman–Crippen MR) is 300 cm³/mol. The number of amides is 6. The van der Waals surface area contributed by atoms with E-state index in [0.29, 0.717) is 51.9 Å². The van der Waals surface area contributed by atoms with Crippen molar-refractivity contribution in [3.8, 4) is 0 Å². The van der Waals surface area contributed by atoms with Crippen molar-refractivity contribution in [2.45, 2.75) is 176 Å². The van der Waals surface area contributed by atoms with Gasteiger partial charge in [0.15, 0.2) is 11.6 Å². The van der Waals surface area contributed by atoms with Crippen LogP contribution in [0.2, 0.25) is 0 Å². The number of rotatable bonds is 32. The number of hydrogen-bond acceptors (Lipinski definition) is 13. The minimum absolute atomic E-state index is 0.00579. The summed E-state index contributed by atoms with van der Waals surface area (Å²) >= 11 is 0. The van der Waals surface area contributed by atoms with Crippen LogP contribution in [-0.2, 0) is 57.5 Å². The molecule has 6 amide bonds. The lowest BCUT2D eigenvalue weighted by atomic mass is 9.83. The van der Waals surface area contributed by atoms with Crippen molar-refractivity contribution in [2.75, 3.05) is 67.6 Å². The molecule has 3 heterocycles. The maximum atomic E-state index is 14.8. The molecule has 18 nitrogen and oxygen atoms in total. The summed E-state index contributed by atoms with van der Waals surface area (Å²) in [6.07, 6.45) is 6.24. The average Bonchev–Trinajstić information content (AvgIpc) is 3.74. The van der Waals surface area contributed by atoms with Gasteiger partial charge in [0, 0.05) is 89.6 Å². The Kier molecular flexibility index (Phi) is 23.7. The average molecular weight is 1100 g/mol. The molecular weight excluding hydrogens is 1010 g/mol. The van der Waals surface area contributed by atoms with E-state index in [2.05, 4.69) is 5.32 Å². The number of hydrogen-bond donors (Lipinski definition) is 1. The summed E-state index contributed by atoms with van der Waals surface area (Å²) in [6, 6.07) is 8.40. The topological polar surface area (TPSA) is 210 Å². The first-order valence-electron chi connectivity index (χ1n) is 29.1. The Bertz CT molecular complexity index is 2320. The quantitative estimate of drug-likeness (QED) is 0.0757. The molecule has 10 atom stereocenters. The predicted octanol–water partition coefficient (Wildman–Crippen LogP) is 6.59. The molecule has 5 rings (SSSR count). The number of carbonyl (C=O) groups excluding carboxylic acids is 9. The Hall–Kier alpha value is -5.17. The third kappa shape index (κ3) is 16.1. The van der Waals surface area contributed by atoms with Crippen molar-refractivity contribution < 1.29 is 57.5 Å². The molecule has 1 aliphatic carbocycles. The van der Waals surface area contributed by atoms with E-state index in [4.69, 9.17) is 14.3 Å². The number of likely N-dealkylation sites (tertiary alicyclic amines) is 1. The maximum Gasteiger partial charge on any atom is 0.253 e. The lowest BCUT2D eigenvalue weighted by molar-refractivity contribution is -0.203. The first-order valence-corrected chi connectivity index (χ1v) is 29.1. The number of hydroxylamine groups is 2. The highest BCUT2D eigenvalue weighted by molar-refractivity contribution is 6.12. The van der Waals surface area contributed by atoms with Crippen LogP contribution in [0.3, 0.4) is 0 Å². The van der Waals surface area contributed by atoms with Gasteiger partial charge < -0.3 is 24.6 Å². The van der Waals surface area contributed by atoms with Crippen LogP contribution < -0.4 is 5.32 Å². The maximum absolute atomic E-state index is 14.8. The van der Waals surface area contributed by atoms with Gasteiger partial charge in [-0.2, -0.15) is 0 Å². The molecule has 1 saturated carbocycles. The molecule has 0 spiro atoms. The van der Waals surface area contributed by atoms with Crippen molar-refractivity contribution in [1.29, 1.82) is 0 Å². The molecule has 0 bridgehead atoms. The van der Waals surface area contributed by atoms with Crippen LogP contribution >= 0.6 is 0 Å². The number of nitrogens with one attached hydrogen (secondary N) is 1. The standard InChI is InChI=1S/C61H94N6O12/c1-14-41(6)55(64(11)57(74)45(39(2)3)34-48(69)54(40(4)5)63(10)29-20-24-44(68)38-62-58(75)60(8,9)28-32-66-51(71)26-27-52(66)72)50(77-12)35-53(73)65-30-21-25-47(65)56(78-13)42(7)49(70)37-61(59(76)67-31-18-19-33-79-67)36-46(61)43-22-16-15-17-23-43/h15-17,22-23,26-27,39-42,45-47,50,54-56H,14,18-21,24-25,28-38H2,1-13H3,(H,62,75)/t41-,42-,45-,46+,47-,50+,54-,55-,56+,61-/m0/s1. The lowest BCUT2D eigenvalue weighted by Gasteiger charge is -2.41. The third-order valence-electron chi connectivity index (χ3n) is 17.6. The first kappa shape index (κ1) is 64.6. The second-order valence-corrected chi connectivity index (χ2v) is 24.3. The number of ether oxygens (including phenoxy) is 2. The smallest absolute Gasteiger partial charge is 0.253 e. The van der Waals surface area contributed by atoms with Crippen molar-refractivity contribution in [3.05, 3.63) is 48.0 Å². The summed E-state index contributed by atoms with van der Waals surface area (Å²) in [4.78, 5) is 135. The molecule has 18 heteroatoms. The van der Waals surface area contributed by atoms with Crippen LogP contribution in [0.15, 0.2) is 42.5 Å². The molecule has 4 aliphatic rings. The highest BCUT2D eigenvalue weighted by Gasteiger charge is 2.63. The van der Waals surface area contributed by atoms with Gasteiger partial charge in [-0.25, -0.2) is 5.06 Å². The summed E-state index contributed by atoms with van der Waals surface area (Å²) in [7, 11) is 6.71. The highest BCUT2D eigenvalue weighted by atomic mass is 16.7. The third-order valence-corrected chi connectivity index (χ3v) is 17.6. The van der Waals surface area contributed by atoms with Crippen molar-refractivity contribution >= 4 is 52.8 Å². The monoisotopic (exact) mass is 1100 g/mol. The molecule has 3 fully saturated rings. The molecule has 0 radical (unpaired) electrons. The molecule has 0 aromatic heterocycles. The fraction of sp³-hybridized carbons (Fsp3) is 0.721. The normalized spacial score (nSPS) is 22.2. The SMILES string of the molecule is CC[C@H](C)[C@@H]([C@@H](CC(=O)N1CCC[C@H]1[C@H](OC)[C@@H](C)C(=O)C[C@@]1(C(=O)N2CCCCO2)C[C@@H]1c1ccccc1)OC)N(C)C(=O)[C@@H](CC(=O)[C@H](C(C)C)N(C)CCCC(=O)CNC(=O)C(C)(C)CCN1C(=O)C=CC1=O)C(C)C. The zero-order valence-corrected chi connectivity index (χ0v) is 49.8. The number of likely N-dealkylation sites (N-methyl/N-ethyl adjacent to an activating group) is 2. The van der Waals surface area contributed by atoms with Crippen LogP contribution in [0, 0.1) is 40.4 Å². The molecule has 1 aromatic carbocycles. The largest absolute Gasteiger partial charge is 0.379 e. The number of benzene rings is 1. The van der Waals surface area contributed by atoms with E-state index in [-0.39, 0.29) is 110 Å². The fourth-order valence-corrected chi connectivity index (χ4v) is 12.4. The Balaban J connectivity index is 1.19. The summed E-state index contributed by atoms with van der Waals surface area (Å²) in [5, 5.41) is 4.17. The number of methoxy groups -OCH3 is 2.